The van der Waals surface area contributed by atoms with Gasteiger partial charge in [0.25, 0.3) is 0 Å². The molecule has 0 saturated heterocycles. The van der Waals surface area contributed by atoms with E-state index in [-0.39, 0.29) is 20.1 Å². The van der Waals surface area contributed by atoms with Crippen LogP contribution in [0.4, 0.5) is 0 Å². The molecule has 101 valence electrons. The van der Waals surface area contributed by atoms with E-state index >= 15 is 0 Å². The molecule has 0 rings (SSSR count). The zero-order valence-corrected chi connectivity index (χ0v) is 22.3. The van der Waals surface area contributed by atoms with E-state index in [1.54, 1.807) is 0 Å². The Balaban J connectivity index is -0.0000000369. The molecule has 0 aliphatic heterocycles. The second-order valence-electron chi connectivity index (χ2n) is 0.894. The maximum absolute atomic E-state index is 8.62. The summed E-state index contributed by atoms with van der Waals surface area (Å²) in [7, 11) is 0. The van der Waals surface area contributed by atoms with Gasteiger partial charge in [-0.3, -0.25) is 0 Å². The van der Waals surface area contributed by atoms with Gasteiger partial charge in [-0.25, -0.2) is 0 Å². The molecule has 0 heterocycles. The van der Waals surface area contributed by atoms with Crippen molar-refractivity contribution in [3.8, 4) is 0 Å². The van der Waals surface area contributed by atoms with Crippen LogP contribution in [0.3, 0.4) is 0 Å². The van der Waals surface area contributed by atoms with Gasteiger partial charge in [0.2, 0.25) is 0 Å². The van der Waals surface area contributed by atoms with E-state index in [2.05, 4.69) is 0 Å². The molecule has 0 saturated carbocycles. The van der Waals surface area contributed by atoms with E-state index in [4.69, 9.17) is 40.5 Å². The summed E-state index contributed by atoms with van der Waals surface area (Å²) in [5.74, 6) is 0. The Morgan fingerprint density at radius 3 is 0.412 bits per heavy atom. The number of hydrogen-bond donors (Lipinski definition) is 0. The van der Waals surface area contributed by atoms with Gasteiger partial charge in [0.1, 0.15) is 0 Å². The van der Waals surface area contributed by atoms with Crippen molar-refractivity contribution in [1.82, 2.24) is 0 Å². The molecular weight excluding hydrogens is 1110 g/mol. The van der Waals surface area contributed by atoms with Crippen molar-refractivity contribution in [2.45, 2.75) is 0 Å². The zero-order valence-electron chi connectivity index (χ0n) is 7.02. The first-order chi connectivity index (χ1) is 6.93. The molecule has 0 aromatic rings. The van der Waals surface area contributed by atoms with E-state index < -0.39 is 75.1 Å². The van der Waals surface area contributed by atoms with Crippen LogP contribution in [0.1, 0.15) is 0 Å². The second kappa shape index (κ2) is 26.4. The van der Waals surface area contributed by atoms with Crippen LogP contribution < -0.4 is 14.5 Å². The molecule has 0 aromatic carbocycles. The Kier molecular flexibility index (Phi) is 48.7. The topological polar surface area (TPSA) is 229 Å². The summed E-state index contributed by atoms with van der Waals surface area (Å²) in [5, 5.41) is 0. The number of rotatable bonds is 0. The fourth-order valence-corrected chi connectivity index (χ4v) is 0. The summed E-state index contributed by atoms with van der Waals surface area (Å²) >= 11 is -17.4. The van der Waals surface area contributed by atoms with Crippen LogP contribution in [0.5, 0.6) is 0 Å². The van der Waals surface area contributed by atoms with Gasteiger partial charge in [0.15, 0.2) is 0 Å². The molecule has 1 radical (unpaired) electrons. The van der Waals surface area contributed by atoms with E-state index in [0.717, 1.165) is 0 Å². The predicted octanol–water partition coefficient (Wildman–Crippen LogP) is -5.72. The summed E-state index contributed by atoms with van der Waals surface area (Å²) in [6, 6.07) is 0. The maximum atomic E-state index is 8.62. The van der Waals surface area contributed by atoms with Gasteiger partial charge in [-0.2, -0.15) is 0 Å². The van der Waals surface area contributed by atoms with E-state index in [0.29, 0.717) is 0 Å². The molecule has 0 fully saturated rings. The average Bonchev–Trinajstić information content (AvgIpc) is 1.76. The average molecular weight is 1110 g/mol. The molecule has 0 bridgehead atoms. The van der Waals surface area contributed by atoms with Gasteiger partial charge < -0.3 is 0 Å². The molecule has 0 aliphatic rings. The third kappa shape index (κ3) is 1310. The monoisotopic (exact) mass is 1110 g/mol. The van der Waals surface area contributed by atoms with Crippen molar-refractivity contribution in [2.24, 2.45) is 0 Å². The van der Waals surface area contributed by atoms with Crippen molar-refractivity contribution in [1.29, 1.82) is 0 Å². The fourth-order valence-electron chi connectivity index (χ4n) is 0. The number of hydrogen-bond acceptors (Lipinski definition) is 12. The van der Waals surface area contributed by atoms with Gasteiger partial charge in [-0.15, -0.1) is 0 Å². The van der Waals surface area contributed by atoms with Crippen LogP contribution in [0.15, 0.2) is 0 Å². The second-order valence-corrected chi connectivity index (χ2v) is 7.32. The summed E-state index contributed by atoms with van der Waals surface area (Å²) < 4.78 is 103. The van der Waals surface area contributed by atoms with Crippen molar-refractivity contribution >= 4 is 0 Å². The summed E-state index contributed by atoms with van der Waals surface area (Å²) in [6.45, 7) is 0. The first-order valence-corrected chi connectivity index (χ1v) is 17.9. The first kappa shape index (κ1) is 31.3. The SMILES string of the molecule is [Ir+4].[O]=[Ta](=[O])[O-].[O]=[Ta](=[O])[O-].[O]=[Ta](=[O])[O-].[O]=[Ta](=[O])[O-]. The molecule has 0 N–H and O–H groups in total. The third-order valence-corrected chi connectivity index (χ3v) is 0. The quantitative estimate of drug-likeness (QED) is 0.221. The van der Waals surface area contributed by atoms with Crippen LogP contribution in [0.25, 0.3) is 0 Å². The van der Waals surface area contributed by atoms with Gasteiger partial charge in [-0.1, -0.05) is 0 Å². The summed E-state index contributed by atoms with van der Waals surface area (Å²) in [5.41, 5.74) is 0. The Labute approximate surface area is 134 Å². The predicted molar refractivity (Wildman–Crippen MR) is 5.49 cm³/mol. The summed E-state index contributed by atoms with van der Waals surface area (Å²) in [6.07, 6.45) is 0. The van der Waals surface area contributed by atoms with E-state index in [1.807, 2.05) is 0 Å². The third-order valence-electron chi connectivity index (χ3n) is 0. The molecule has 0 amide bonds. The summed E-state index contributed by atoms with van der Waals surface area (Å²) in [4.78, 5) is 0. The van der Waals surface area contributed by atoms with Crippen molar-refractivity contribution in [2.75, 3.05) is 0 Å². The Bertz CT molecular complexity index is 292. The van der Waals surface area contributed by atoms with E-state index in [9.17, 15) is 0 Å². The zero-order chi connectivity index (χ0) is 14.3. The molecule has 0 unspecified atom stereocenters. The first-order valence-electron chi connectivity index (χ1n) is 2.19. The molecule has 17 heteroatoms. The van der Waals surface area contributed by atoms with Crippen LogP contribution in [0, 0.1) is 0 Å². The van der Waals surface area contributed by atoms with E-state index in [1.165, 1.54) is 0 Å². The normalized spacial score (nSPS) is 5.88. The van der Waals surface area contributed by atoms with Crippen LogP contribution in [-0.4, -0.2) is 0 Å². The molecular formula is IrO12Ta4. The van der Waals surface area contributed by atoms with Gasteiger partial charge in [-0.05, 0) is 0 Å². The van der Waals surface area contributed by atoms with Crippen molar-refractivity contribution in [3.05, 3.63) is 0 Å². The Morgan fingerprint density at radius 2 is 0.412 bits per heavy atom. The van der Waals surface area contributed by atoms with Gasteiger partial charge >= 0.3 is 136 Å². The van der Waals surface area contributed by atoms with Crippen molar-refractivity contribution < 1.29 is 136 Å². The van der Waals surface area contributed by atoms with Crippen LogP contribution in [-0.2, 0) is 121 Å². The van der Waals surface area contributed by atoms with Crippen LogP contribution in [0.2, 0.25) is 0 Å². The van der Waals surface area contributed by atoms with Crippen molar-refractivity contribution in [3.63, 3.8) is 0 Å². The van der Waals surface area contributed by atoms with Gasteiger partial charge in [0, 0.05) is 0 Å². The Morgan fingerprint density at radius 1 is 0.412 bits per heavy atom. The molecule has 0 spiro atoms. The minimum absolute atomic E-state index is 0. The van der Waals surface area contributed by atoms with Gasteiger partial charge in [0.05, 0.1) is 0 Å². The molecule has 17 heavy (non-hydrogen) atoms. The molecule has 0 aromatic heterocycles. The molecule has 12 nitrogen and oxygen atoms in total. The minimum atomic E-state index is -4.34. The standard InChI is InChI=1S/Ir.12O.4Ta/q+4;;;;;;;;;4*-1;;;;. The van der Waals surface area contributed by atoms with Crippen LogP contribution >= 0.6 is 0 Å². The molecule has 0 atom stereocenters. The fraction of sp³-hybridized carbons (Fsp3) is 0. The Hall–Kier alpha value is 1.85. The molecule has 0 aliphatic carbocycles.